The van der Waals surface area contributed by atoms with Crippen LogP contribution in [0.3, 0.4) is 0 Å². The number of aliphatic hydroxyl groups is 1. The number of aliphatic hydroxyl groups excluding tert-OH is 1. The van der Waals surface area contributed by atoms with Gasteiger partial charge in [0.25, 0.3) is 10.0 Å². The van der Waals surface area contributed by atoms with E-state index < -0.39 is 10.0 Å². The predicted octanol–water partition coefficient (Wildman–Crippen LogP) is 1.19. The van der Waals surface area contributed by atoms with E-state index in [1.54, 1.807) is 0 Å². The lowest BCUT2D eigenvalue weighted by molar-refractivity contribution is 0.232. The van der Waals surface area contributed by atoms with Crippen LogP contribution in [0.1, 0.15) is 25.5 Å². The molecule has 1 aromatic heterocycles. The van der Waals surface area contributed by atoms with E-state index in [4.69, 9.17) is 9.52 Å². The first-order valence-electron chi connectivity index (χ1n) is 5.74. The maximum Gasteiger partial charge on any atom is 0.276 e. The number of hydrogen-bond donors (Lipinski definition) is 1. The lowest BCUT2D eigenvalue weighted by Gasteiger charge is -2.28. The summed E-state index contributed by atoms with van der Waals surface area (Å²) in [5.41, 5.74) is 0. The molecule has 0 saturated carbocycles. The molecule has 1 fully saturated rings. The summed E-state index contributed by atoms with van der Waals surface area (Å²) < 4.78 is 30.9. The Balaban J connectivity index is 2.18. The van der Waals surface area contributed by atoms with Crippen LogP contribution in [0, 0.1) is 5.92 Å². The fourth-order valence-electron chi connectivity index (χ4n) is 1.93. The van der Waals surface area contributed by atoms with Crippen molar-refractivity contribution >= 4 is 10.0 Å². The summed E-state index contributed by atoms with van der Waals surface area (Å²) in [6.45, 7) is 2.92. The summed E-state index contributed by atoms with van der Waals surface area (Å²) in [6, 6.07) is 2.89. The number of piperidine rings is 1. The maximum absolute atomic E-state index is 12.2. The van der Waals surface area contributed by atoms with E-state index in [0.29, 0.717) is 19.0 Å². The van der Waals surface area contributed by atoms with Crippen LogP contribution in [0.25, 0.3) is 0 Å². The molecule has 1 aliphatic rings. The molecule has 1 aromatic rings. The third-order valence-corrected chi connectivity index (χ3v) is 4.90. The molecule has 0 aliphatic carbocycles. The minimum atomic E-state index is -3.52. The van der Waals surface area contributed by atoms with Crippen molar-refractivity contribution in [2.24, 2.45) is 5.92 Å². The molecule has 1 N–H and O–H groups in total. The van der Waals surface area contributed by atoms with Crippen molar-refractivity contribution < 1.29 is 17.9 Å². The van der Waals surface area contributed by atoms with Gasteiger partial charge in [-0.05, 0) is 30.9 Å². The molecule has 0 atom stereocenters. The molecule has 1 aliphatic heterocycles. The molecule has 5 nitrogen and oxygen atoms in total. The molecular weight excluding hydrogens is 242 g/mol. The highest BCUT2D eigenvalue weighted by atomic mass is 32.2. The molecule has 1 saturated heterocycles. The lowest BCUT2D eigenvalue weighted by atomic mass is 10.0. The molecule has 96 valence electrons. The zero-order valence-electron chi connectivity index (χ0n) is 9.80. The topological polar surface area (TPSA) is 70.8 Å². The van der Waals surface area contributed by atoms with E-state index in [1.165, 1.54) is 16.4 Å². The van der Waals surface area contributed by atoms with Crippen molar-refractivity contribution in [1.82, 2.24) is 4.31 Å². The van der Waals surface area contributed by atoms with E-state index in [9.17, 15) is 8.42 Å². The van der Waals surface area contributed by atoms with Crippen molar-refractivity contribution in [3.05, 3.63) is 17.9 Å². The Morgan fingerprint density at radius 2 is 2.06 bits per heavy atom. The highest BCUT2D eigenvalue weighted by Gasteiger charge is 2.30. The maximum atomic E-state index is 12.2. The summed E-state index contributed by atoms with van der Waals surface area (Å²) >= 11 is 0. The highest BCUT2D eigenvalue weighted by Crippen LogP contribution is 2.24. The van der Waals surface area contributed by atoms with Crippen molar-refractivity contribution in [2.75, 3.05) is 13.1 Å². The third-order valence-electron chi connectivity index (χ3n) is 3.13. The van der Waals surface area contributed by atoms with Gasteiger partial charge in [0.05, 0.1) is 0 Å². The fourth-order valence-corrected chi connectivity index (χ4v) is 3.33. The van der Waals surface area contributed by atoms with Crippen LogP contribution >= 0.6 is 0 Å². The molecule has 0 bridgehead atoms. The second kappa shape index (κ2) is 4.80. The number of hydrogen-bond acceptors (Lipinski definition) is 4. The van der Waals surface area contributed by atoms with Crippen LogP contribution < -0.4 is 0 Å². The Hall–Kier alpha value is -0.850. The van der Waals surface area contributed by atoms with E-state index >= 15 is 0 Å². The first-order valence-corrected chi connectivity index (χ1v) is 7.18. The minimum absolute atomic E-state index is 0.0731. The van der Waals surface area contributed by atoms with Gasteiger partial charge in [-0.1, -0.05) is 6.92 Å². The zero-order valence-corrected chi connectivity index (χ0v) is 10.6. The fraction of sp³-hybridized carbons (Fsp3) is 0.636. The summed E-state index contributed by atoms with van der Waals surface area (Å²) in [4.78, 5) is 0. The largest absolute Gasteiger partial charge is 0.446 e. The van der Waals surface area contributed by atoms with E-state index in [-0.39, 0.29) is 17.5 Å². The smallest absolute Gasteiger partial charge is 0.276 e. The molecular formula is C11H17NO4S. The van der Waals surface area contributed by atoms with Gasteiger partial charge in [-0.15, -0.1) is 0 Å². The predicted molar refractivity (Wildman–Crippen MR) is 61.8 cm³/mol. The number of rotatable bonds is 3. The zero-order chi connectivity index (χ0) is 12.5. The van der Waals surface area contributed by atoms with Crippen LogP contribution in [0.5, 0.6) is 0 Å². The van der Waals surface area contributed by atoms with E-state index in [0.717, 1.165) is 12.8 Å². The van der Waals surface area contributed by atoms with Gasteiger partial charge in [-0.25, -0.2) is 8.42 Å². The Labute approximate surface area is 101 Å². The normalized spacial score (nSPS) is 19.6. The molecule has 0 spiro atoms. The number of sulfonamides is 1. The Bertz CT molecular complexity index is 471. The summed E-state index contributed by atoms with van der Waals surface area (Å²) in [5.74, 6) is 0.847. The van der Waals surface area contributed by atoms with Crippen LogP contribution in [-0.2, 0) is 16.6 Å². The first kappa shape index (κ1) is 12.6. The van der Waals surface area contributed by atoms with Crippen molar-refractivity contribution in [1.29, 1.82) is 0 Å². The Morgan fingerprint density at radius 1 is 1.41 bits per heavy atom. The van der Waals surface area contributed by atoms with Gasteiger partial charge in [0.15, 0.2) is 0 Å². The molecule has 0 unspecified atom stereocenters. The average molecular weight is 259 g/mol. The monoisotopic (exact) mass is 259 g/mol. The molecule has 0 aromatic carbocycles. The van der Waals surface area contributed by atoms with Crippen molar-refractivity contribution in [3.63, 3.8) is 0 Å². The van der Waals surface area contributed by atoms with Gasteiger partial charge in [0.1, 0.15) is 12.4 Å². The van der Waals surface area contributed by atoms with Gasteiger partial charge in [-0.2, -0.15) is 4.31 Å². The summed E-state index contributed by atoms with van der Waals surface area (Å²) in [7, 11) is -3.52. The Morgan fingerprint density at radius 3 is 2.59 bits per heavy atom. The van der Waals surface area contributed by atoms with Crippen molar-refractivity contribution in [2.45, 2.75) is 31.5 Å². The van der Waals surface area contributed by atoms with Crippen molar-refractivity contribution in [3.8, 4) is 0 Å². The number of nitrogens with zero attached hydrogens (tertiary/aromatic N) is 1. The molecule has 2 rings (SSSR count). The van der Waals surface area contributed by atoms with Gasteiger partial charge in [-0.3, -0.25) is 0 Å². The minimum Gasteiger partial charge on any atom is -0.446 e. The summed E-state index contributed by atoms with van der Waals surface area (Å²) in [5, 5.41) is 8.79. The molecule has 17 heavy (non-hydrogen) atoms. The Kier molecular flexibility index (Phi) is 3.56. The SMILES string of the molecule is CC1CCN(S(=O)(=O)c2ccc(CO)o2)CC1. The number of furan rings is 1. The average Bonchev–Trinajstić information content (AvgIpc) is 2.78. The van der Waals surface area contributed by atoms with E-state index in [2.05, 4.69) is 6.92 Å². The quantitative estimate of drug-likeness (QED) is 0.885. The second-order valence-corrected chi connectivity index (χ2v) is 6.33. The van der Waals surface area contributed by atoms with Crippen LogP contribution in [0.2, 0.25) is 0 Å². The first-order chi connectivity index (χ1) is 8.04. The standard InChI is InChI=1S/C11H17NO4S/c1-9-4-6-12(7-5-9)17(14,15)11-3-2-10(8-13)16-11/h2-3,9,13H,4-8H2,1H3. The van der Waals surface area contributed by atoms with Crippen LogP contribution in [0.15, 0.2) is 21.6 Å². The van der Waals surface area contributed by atoms with Crippen LogP contribution in [-0.4, -0.2) is 30.9 Å². The third kappa shape index (κ3) is 2.53. The van der Waals surface area contributed by atoms with Gasteiger partial charge in [0, 0.05) is 13.1 Å². The molecule has 0 amide bonds. The summed E-state index contributed by atoms with van der Waals surface area (Å²) in [6.07, 6.45) is 1.76. The lowest BCUT2D eigenvalue weighted by Crippen LogP contribution is -2.37. The van der Waals surface area contributed by atoms with Crippen LogP contribution in [0.4, 0.5) is 0 Å². The van der Waals surface area contributed by atoms with Gasteiger partial charge >= 0.3 is 0 Å². The molecule has 2 heterocycles. The van der Waals surface area contributed by atoms with Gasteiger partial charge in [0.2, 0.25) is 5.09 Å². The second-order valence-electron chi connectivity index (χ2n) is 4.47. The molecule has 6 heteroatoms. The van der Waals surface area contributed by atoms with Gasteiger partial charge < -0.3 is 9.52 Å². The highest BCUT2D eigenvalue weighted by molar-refractivity contribution is 7.89. The molecule has 0 radical (unpaired) electrons. The van der Waals surface area contributed by atoms with E-state index in [1.807, 2.05) is 0 Å².